The van der Waals surface area contributed by atoms with Crippen molar-refractivity contribution in [1.82, 2.24) is 20.4 Å². The van der Waals surface area contributed by atoms with Crippen LogP contribution in [0.5, 0.6) is 0 Å². The van der Waals surface area contributed by atoms with Gasteiger partial charge in [-0.1, -0.05) is 0 Å². The van der Waals surface area contributed by atoms with Gasteiger partial charge in [0, 0.05) is 30.0 Å². The summed E-state index contributed by atoms with van der Waals surface area (Å²) >= 11 is 0. The summed E-state index contributed by atoms with van der Waals surface area (Å²) in [5, 5.41) is 13.5. The maximum atomic E-state index is 12.5. The fourth-order valence-corrected chi connectivity index (χ4v) is 3.25. The average Bonchev–Trinajstić information content (AvgIpc) is 3.12. The lowest BCUT2D eigenvalue weighted by molar-refractivity contribution is 0.0942. The van der Waals surface area contributed by atoms with Crippen LogP contribution in [0, 0.1) is 6.92 Å². The summed E-state index contributed by atoms with van der Waals surface area (Å²) in [6.45, 7) is 7.61. The van der Waals surface area contributed by atoms with Gasteiger partial charge >= 0.3 is 0 Å². The third-order valence-corrected chi connectivity index (χ3v) is 4.63. The second kappa shape index (κ2) is 9.71. The predicted octanol–water partition coefficient (Wildman–Crippen LogP) is 2.93. The Balaban J connectivity index is 0.00000280. The average molecular weight is 406 g/mol. The standard InChI is InChI=1S/C20H27N5O2.ClH/c1-13(2)22-19(26)17-7-6-15(11-14(17)3)23-20(27)18-8-10-25(24-18)16-5-4-9-21-12-16;/h6-8,10-11,13,16,21H,4-5,9,12H2,1-3H3,(H,22,26)(H,23,27);1H. The minimum Gasteiger partial charge on any atom is -0.350 e. The van der Waals surface area contributed by atoms with Gasteiger partial charge in [-0.3, -0.25) is 14.3 Å². The monoisotopic (exact) mass is 405 g/mol. The van der Waals surface area contributed by atoms with Crippen LogP contribution in [0.1, 0.15) is 59.1 Å². The molecule has 7 nitrogen and oxygen atoms in total. The van der Waals surface area contributed by atoms with E-state index in [0.29, 0.717) is 23.0 Å². The summed E-state index contributed by atoms with van der Waals surface area (Å²) in [5.74, 6) is -0.364. The number of rotatable bonds is 5. The molecule has 1 unspecified atom stereocenters. The van der Waals surface area contributed by atoms with Gasteiger partial charge in [-0.2, -0.15) is 5.10 Å². The molecule has 152 valence electrons. The van der Waals surface area contributed by atoms with E-state index in [1.807, 2.05) is 31.6 Å². The minimum atomic E-state index is -0.253. The molecule has 1 atom stereocenters. The predicted molar refractivity (Wildman–Crippen MR) is 112 cm³/mol. The Hall–Kier alpha value is -2.38. The first-order valence-electron chi connectivity index (χ1n) is 9.43. The van der Waals surface area contributed by atoms with Crippen molar-refractivity contribution in [2.24, 2.45) is 0 Å². The SMILES string of the molecule is Cc1cc(NC(=O)c2ccn(C3CCCNC3)n2)ccc1C(=O)NC(C)C.Cl. The Kier molecular flexibility index (Phi) is 7.60. The van der Waals surface area contributed by atoms with E-state index in [4.69, 9.17) is 0 Å². The fourth-order valence-electron chi connectivity index (χ4n) is 3.25. The van der Waals surface area contributed by atoms with Gasteiger partial charge in [-0.25, -0.2) is 0 Å². The molecule has 3 N–H and O–H groups in total. The summed E-state index contributed by atoms with van der Waals surface area (Å²) in [7, 11) is 0. The van der Waals surface area contributed by atoms with Crippen molar-refractivity contribution in [3.63, 3.8) is 0 Å². The highest BCUT2D eigenvalue weighted by Gasteiger charge is 2.18. The zero-order valence-electron chi connectivity index (χ0n) is 16.5. The second-order valence-corrected chi connectivity index (χ2v) is 7.29. The topological polar surface area (TPSA) is 88.1 Å². The molecule has 0 saturated carbocycles. The van der Waals surface area contributed by atoms with E-state index in [9.17, 15) is 9.59 Å². The maximum Gasteiger partial charge on any atom is 0.276 e. The molecule has 1 aromatic heterocycles. The number of amides is 2. The number of hydrogen-bond donors (Lipinski definition) is 3. The van der Waals surface area contributed by atoms with Gasteiger partial charge in [0.1, 0.15) is 0 Å². The maximum absolute atomic E-state index is 12.5. The van der Waals surface area contributed by atoms with Crippen LogP contribution in [0.15, 0.2) is 30.5 Å². The van der Waals surface area contributed by atoms with Crippen LogP contribution in [0.25, 0.3) is 0 Å². The van der Waals surface area contributed by atoms with E-state index in [0.717, 1.165) is 31.5 Å². The molecule has 1 aliphatic heterocycles. The van der Waals surface area contributed by atoms with Crippen LogP contribution in [0.3, 0.4) is 0 Å². The molecule has 0 radical (unpaired) electrons. The summed E-state index contributed by atoms with van der Waals surface area (Å²) in [6, 6.07) is 7.38. The number of halogens is 1. The Labute approximate surface area is 171 Å². The molecule has 0 spiro atoms. The highest BCUT2D eigenvalue weighted by Crippen LogP contribution is 2.18. The number of carbonyl (C=O) groups excluding carboxylic acids is 2. The summed E-state index contributed by atoms with van der Waals surface area (Å²) < 4.78 is 1.87. The first-order chi connectivity index (χ1) is 12.9. The van der Waals surface area contributed by atoms with E-state index >= 15 is 0 Å². The third-order valence-electron chi connectivity index (χ3n) is 4.63. The Bertz CT molecular complexity index is 828. The molecule has 0 aliphatic carbocycles. The molecule has 2 aromatic rings. The van der Waals surface area contributed by atoms with Gasteiger partial charge in [0.25, 0.3) is 11.8 Å². The summed E-state index contributed by atoms with van der Waals surface area (Å²) in [6.07, 6.45) is 4.04. The van der Waals surface area contributed by atoms with E-state index in [1.165, 1.54) is 0 Å². The Morgan fingerprint density at radius 3 is 2.68 bits per heavy atom. The highest BCUT2D eigenvalue weighted by molar-refractivity contribution is 6.03. The van der Waals surface area contributed by atoms with Gasteiger partial charge < -0.3 is 16.0 Å². The smallest absolute Gasteiger partial charge is 0.276 e. The lowest BCUT2D eigenvalue weighted by Crippen LogP contribution is -2.32. The molecule has 1 saturated heterocycles. The largest absolute Gasteiger partial charge is 0.350 e. The number of anilines is 1. The van der Waals surface area contributed by atoms with Crippen molar-refractivity contribution in [3.8, 4) is 0 Å². The van der Waals surface area contributed by atoms with Crippen molar-refractivity contribution in [2.45, 2.75) is 45.7 Å². The van der Waals surface area contributed by atoms with Crippen LogP contribution < -0.4 is 16.0 Å². The van der Waals surface area contributed by atoms with Crippen molar-refractivity contribution >= 4 is 29.9 Å². The van der Waals surface area contributed by atoms with Crippen LogP contribution in [-0.4, -0.2) is 40.7 Å². The quantitative estimate of drug-likeness (QED) is 0.713. The molecule has 3 rings (SSSR count). The van der Waals surface area contributed by atoms with Crippen molar-refractivity contribution < 1.29 is 9.59 Å². The summed E-state index contributed by atoms with van der Waals surface area (Å²) in [4.78, 5) is 24.7. The Morgan fingerprint density at radius 2 is 2.04 bits per heavy atom. The molecule has 28 heavy (non-hydrogen) atoms. The number of piperidine rings is 1. The van der Waals surface area contributed by atoms with Crippen molar-refractivity contribution in [2.75, 3.05) is 18.4 Å². The Morgan fingerprint density at radius 1 is 1.25 bits per heavy atom. The first-order valence-corrected chi connectivity index (χ1v) is 9.43. The van der Waals surface area contributed by atoms with E-state index in [2.05, 4.69) is 21.0 Å². The lowest BCUT2D eigenvalue weighted by atomic mass is 10.1. The van der Waals surface area contributed by atoms with Gasteiger partial charge in [0.15, 0.2) is 5.69 Å². The number of aromatic nitrogens is 2. The van der Waals surface area contributed by atoms with E-state index in [1.54, 1.807) is 24.3 Å². The molecule has 1 aromatic carbocycles. The second-order valence-electron chi connectivity index (χ2n) is 7.29. The van der Waals surface area contributed by atoms with Gasteiger partial charge in [-0.05, 0) is 70.0 Å². The van der Waals surface area contributed by atoms with Gasteiger partial charge in [-0.15, -0.1) is 12.4 Å². The molecule has 8 heteroatoms. The zero-order valence-corrected chi connectivity index (χ0v) is 17.3. The number of nitrogens with zero attached hydrogens (tertiary/aromatic N) is 2. The lowest BCUT2D eigenvalue weighted by Gasteiger charge is -2.22. The molecule has 2 heterocycles. The number of carbonyl (C=O) groups is 2. The molecular weight excluding hydrogens is 378 g/mol. The zero-order chi connectivity index (χ0) is 19.4. The minimum absolute atomic E-state index is 0. The number of hydrogen-bond acceptors (Lipinski definition) is 4. The van der Waals surface area contributed by atoms with E-state index in [-0.39, 0.29) is 30.3 Å². The highest BCUT2D eigenvalue weighted by atomic mass is 35.5. The van der Waals surface area contributed by atoms with Gasteiger partial charge in [0.2, 0.25) is 0 Å². The first kappa shape index (κ1) is 21.9. The molecule has 1 fully saturated rings. The van der Waals surface area contributed by atoms with Crippen LogP contribution in [-0.2, 0) is 0 Å². The molecule has 1 aliphatic rings. The number of nitrogens with one attached hydrogen (secondary N) is 3. The van der Waals surface area contributed by atoms with Crippen LogP contribution in [0.4, 0.5) is 5.69 Å². The number of aryl methyl sites for hydroxylation is 1. The van der Waals surface area contributed by atoms with Crippen LogP contribution >= 0.6 is 12.4 Å². The van der Waals surface area contributed by atoms with Crippen LogP contribution in [0.2, 0.25) is 0 Å². The van der Waals surface area contributed by atoms with Crippen molar-refractivity contribution in [3.05, 3.63) is 47.3 Å². The third kappa shape index (κ3) is 5.33. The van der Waals surface area contributed by atoms with Crippen molar-refractivity contribution in [1.29, 1.82) is 0 Å². The molecular formula is C20H28ClN5O2. The summed E-state index contributed by atoms with van der Waals surface area (Å²) in [5.41, 5.74) is 2.45. The molecule has 2 amide bonds. The molecule has 0 bridgehead atoms. The van der Waals surface area contributed by atoms with Gasteiger partial charge in [0.05, 0.1) is 6.04 Å². The van der Waals surface area contributed by atoms with E-state index < -0.39 is 0 Å². The fraction of sp³-hybridized carbons (Fsp3) is 0.450. The number of benzene rings is 1. The normalized spacial score (nSPS) is 16.4.